The maximum Gasteiger partial charge on any atom is 0.255 e. The van der Waals surface area contributed by atoms with Crippen LogP contribution in [-0.2, 0) is 10.0 Å². The minimum Gasteiger partial charge on any atom is -0.322 e. The highest BCUT2D eigenvalue weighted by atomic mass is 32.2. The largest absolute Gasteiger partial charge is 0.322 e. The molecule has 5 nitrogen and oxygen atoms in total. The molecule has 2 N–H and O–H groups in total. The second-order valence-corrected chi connectivity index (χ2v) is 8.08. The highest BCUT2D eigenvalue weighted by Gasteiger charge is 2.15. The van der Waals surface area contributed by atoms with Crippen molar-refractivity contribution in [1.29, 1.82) is 0 Å². The van der Waals surface area contributed by atoms with Crippen molar-refractivity contribution in [1.82, 2.24) is 4.72 Å². The van der Waals surface area contributed by atoms with Crippen molar-refractivity contribution in [2.45, 2.75) is 29.7 Å². The number of carbonyl (C=O) groups is 1. The Kier molecular flexibility index (Phi) is 6.04. The lowest BCUT2D eigenvalue weighted by molar-refractivity contribution is 0.102. The fourth-order valence-corrected chi connectivity index (χ4v) is 3.70. The molecule has 2 aromatic rings. The number of hydrogen-bond acceptors (Lipinski definition) is 4. The number of sulfonamides is 1. The Morgan fingerprint density at radius 2 is 1.58 bits per heavy atom. The van der Waals surface area contributed by atoms with Crippen LogP contribution >= 0.6 is 11.8 Å². The molecule has 0 aliphatic carbocycles. The molecule has 0 saturated carbocycles. The van der Waals surface area contributed by atoms with Crippen LogP contribution in [0.5, 0.6) is 0 Å². The Bertz CT molecular complexity index is 799. The van der Waals surface area contributed by atoms with Crippen LogP contribution in [0.3, 0.4) is 0 Å². The van der Waals surface area contributed by atoms with Crippen molar-refractivity contribution in [3.8, 4) is 0 Å². The molecule has 0 saturated heterocycles. The van der Waals surface area contributed by atoms with Gasteiger partial charge in [0.2, 0.25) is 10.0 Å². The van der Waals surface area contributed by atoms with Gasteiger partial charge in [-0.25, -0.2) is 13.1 Å². The summed E-state index contributed by atoms with van der Waals surface area (Å²) in [7, 11) is -3.53. The number of amides is 1. The van der Waals surface area contributed by atoms with Gasteiger partial charge in [-0.2, -0.15) is 0 Å². The molecule has 0 aliphatic rings. The first-order valence-corrected chi connectivity index (χ1v) is 10.1. The SMILES string of the molecule is CSc1ccc(C(=O)Nc2ccc(S(=O)(=O)NC(C)C)cc2)cc1. The summed E-state index contributed by atoms with van der Waals surface area (Å²) in [6.45, 7) is 3.52. The first-order valence-electron chi connectivity index (χ1n) is 7.39. The number of carbonyl (C=O) groups excluding carboxylic acids is 1. The van der Waals surface area contributed by atoms with Crippen molar-refractivity contribution in [2.24, 2.45) is 0 Å². The van der Waals surface area contributed by atoms with Gasteiger partial charge < -0.3 is 5.32 Å². The summed E-state index contributed by atoms with van der Waals surface area (Å²) in [5, 5.41) is 2.75. The van der Waals surface area contributed by atoms with Gasteiger partial charge in [-0.3, -0.25) is 4.79 Å². The van der Waals surface area contributed by atoms with E-state index in [1.54, 1.807) is 49.9 Å². The maximum atomic E-state index is 12.2. The van der Waals surface area contributed by atoms with Crippen LogP contribution in [0.4, 0.5) is 5.69 Å². The number of hydrogen-bond donors (Lipinski definition) is 2. The molecule has 0 aliphatic heterocycles. The number of rotatable bonds is 6. The van der Waals surface area contributed by atoms with Crippen LogP contribution < -0.4 is 10.0 Å². The Morgan fingerprint density at radius 1 is 1.00 bits per heavy atom. The topological polar surface area (TPSA) is 75.3 Å². The zero-order valence-corrected chi connectivity index (χ0v) is 15.4. The predicted octanol–water partition coefficient (Wildman–Crippen LogP) is 3.35. The van der Waals surface area contributed by atoms with Crippen LogP contribution in [0, 0.1) is 0 Å². The zero-order valence-electron chi connectivity index (χ0n) is 13.7. The van der Waals surface area contributed by atoms with Gasteiger partial charge in [0.25, 0.3) is 5.91 Å². The number of anilines is 1. The van der Waals surface area contributed by atoms with E-state index in [1.807, 2.05) is 18.4 Å². The van der Waals surface area contributed by atoms with E-state index in [9.17, 15) is 13.2 Å². The quantitative estimate of drug-likeness (QED) is 0.771. The zero-order chi connectivity index (χ0) is 17.7. The first-order chi connectivity index (χ1) is 11.3. The molecule has 0 bridgehead atoms. The number of nitrogens with one attached hydrogen (secondary N) is 2. The molecular weight excluding hydrogens is 344 g/mol. The number of thioether (sulfide) groups is 1. The van der Waals surface area contributed by atoms with Crippen LogP contribution in [0.1, 0.15) is 24.2 Å². The van der Waals surface area contributed by atoms with Crippen molar-refractivity contribution in [3.63, 3.8) is 0 Å². The molecule has 0 fully saturated rings. The maximum absolute atomic E-state index is 12.2. The Hall–Kier alpha value is -1.83. The molecule has 7 heteroatoms. The van der Waals surface area contributed by atoms with Crippen LogP contribution in [0.15, 0.2) is 58.3 Å². The Morgan fingerprint density at radius 3 is 2.08 bits per heavy atom. The molecule has 0 atom stereocenters. The van der Waals surface area contributed by atoms with E-state index in [0.717, 1.165) is 4.90 Å². The normalized spacial score (nSPS) is 11.5. The third-order valence-electron chi connectivity index (χ3n) is 3.17. The van der Waals surface area contributed by atoms with E-state index in [2.05, 4.69) is 10.0 Å². The molecule has 1 amide bonds. The number of benzene rings is 2. The van der Waals surface area contributed by atoms with E-state index in [1.165, 1.54) is 12.1 Å². The van der Waals surface area contributed by atoms with Crippen molar-refractivity contribution in [3.05, 3.63) is 54.1 Å². The highest BCUT2D eigenvalue weighted by Crippen LogP contribution is 2.17. The second-order valence-electron chi connectivity index (χ2n) is 5.48. The molecule has 0 heterocycles. The van der Waals surface area contributed by atoms with Crippen LogP contribution in [0.2, 0.25) is 0 Å². The molecule has 2 aromatic carbocycles. The third kappa shape index (κ3) is 4.83. The summed E-state index contributed by atoms with van der Waals surface area (Å²) >= 11 is 1.61. The van der Waals surface area contributed by atoms with E-state index >= 15 is 0 Å². The third-order valence-corrected chi connectivity index (χ3v) is 5.58. The van der Waals surface area contributed by atoms with Gasteiger partial charge in [-0.05, 0) is 68.6 Å². The highest BCUT2D eigenvalue weighted by molar-refractivity contribution is 7.98. The molecule has 128 valence electrons. The average molecular weight is 364 g/mol. The summed E-state index contributed by atoms with van der Waals surface area (Å²) in [4.78, 5) is 13.4. The van der Waals surface area contributed by atoms with Gasteiger partial charge in [0.15, 0.2) is 0 Å². The minimum absolute atomic E-state index is 0.165. The fourth-order valence-electron chi connectivity index (χ4n) is 2.04. The standard InChI is InChI=1S/C17H20N2O3S2/c1-12(2)19-24(21,22)16-10-6-14(7-11-16)18-17(20)13-4-8-15(23-3)9-5-13/h4-12,19H,1-3H3,(H,18,20). The molecule has 24 heavy (non-hydrogen) atoms. The van der Waals surface area contributed by atoms with Crippen LogP contribution in [0.25, 0.3) is 0 Å². The second kappa shape index (κ2) is 7.83. The van der Waals surface area contributed by atoms with Gasteiger partial charge in [-0.1, -0.05) is 0 Å². The lowest BCUT2D eigenvalue weighted by Crippen LogP contribution is -2.30. The van der Waals surface area contributed by atoms with Crippen LogP contribution in [-0.4, -0.2) is 26.6 Å². The van der Waals surface area contributed by atoms with Gasteiger partial charge in [0.05, 0.1) is 4.90 Å². The summed E-state index contributed by atoms with van der Waals surface area (Å²) in [5.74, 6) is -0.237. The summed E-state index contributed by atoms with van der Waals surface area (Å²) < 4.78 is 26.6. The lowest BCUT2D eigenvalue weighted by Gasteiger charge is -2.10. The molecule has 0 aromatic heterocycles. The van der Waals surface area contributed by atoms with Gasteiger partial charge in [0.1, 0.15) is 0 Å². The first kappa shape index (κ1) is 18.5. The fraction of sp³-hybridized carbons (Fsp3) is 0.235. The molecule has 0 spiro atoms. The van der Waals surface area contributed by atoms with Crippen molar-refractivity contribution < 1.29 is 13.2 Å². The molecule has 0 unspecified atom stereocenters. The van der Waals surface area contributed by atoms with E-state index < -0.39 is 10.0 Å². The van der Waals surface area contributed by atoms with E-state index in [-0.39, 0.29) is 16.8 Å². The monoisotopic (exact) mass is 364 g/mol. The van der Waals surface area contributed by atoms with Crippen molar-refractivity contribution >= 4 is 33.4 Å². The Labute approximate surface area is 146 Å². The average Bonchev–Trinajstić information content (AvgIpc) is 2.54. The van der Waals surface area contributed by atoms with Gasteiger partial charge in [0, 0.05) is 22.2 Å². The van der Waals surface area contributed by atoms with Gasteiger partial charge >= 0.3 is 0 Å². The molecule has 0 radical (unpaired) electrons. The lowest BCUT2D eigenvalue weighted by atomic mass is 10.2. The summed E-state index contributed by atoms with van der Waals surface area (Å²) in [6, 6.07) is 13.2. The van der Waals surface area contributed by atoms with E-state index in [4.69, 9.17) is 0 Å². The smallest absolute Gasteiger partial charge is 0.255 e. The molecule has 2 rings (SSSR count). The Balaban J connectivity index is 2.09. The van der Waals surface area contributed by atoms with Gasteiger partial charge in [-0.15, -0.1) is 11.8 Å². The minimum atomic E-state index is -3.53. The summed E-state index contributed by atoms with van der Waals surface area (Å²) in [5.41, 5.74) is 1.09. The van der Waals surface area contributed by atoms with E-state index in [0.29, 0.717) is 11.3 Å². The predicted molar refractivity (Wildman–Crippen MR) is 98.1 cm³/mol. The molecular formula is C17H20N2O3S2. The summed E-state index contributed by atoms with van der Waals surface area (Å²) in [6.07, 6.45) is 1.97. The van der Waals surface area contributed by atoms with Crippen molar-refractivity contribution in [2.75, 3.05) is 11.6 Å².